The first-order chi connectivity index (χ1) is 22.8. The molecule has 0 aliphatic heterocycles. The highest BCUT2D eigenvalue weighted by atomic mass is 35.5. The summed E-state index contributed by atoms with van der Waals surface area (Å²) in [4.78, 5) is 36.2. The lowest BCUT2D eigenvalue weighted by atomic mass is 10.0. The zero-order valence-corrected chi connectivity index (χ0v) is 29.6. The maximum absolute atomic E-state index is 12.5. The molecule has 2 atom stereocenters. The van der Waals surface area contributed by atoms with Gasteiger partial charge in [-0.25, -0.2) is 4.79 Å². The number of ether oxygens (including phenoxy) is 3. The van der Waals surface area contributed by atoms with Crippen molar-refractivity contribution in [2.75, 3.05) is 13.7 Å². The molecular weight excluding hydrogens is 630 g/mol. The highest BCUT2D eigenvalue weighted by Crippen LogP contribution is 2.28. The Morgan fingerprint density at radius 2 is 1.52 bits per heavy atom. The zero-order valence-electron chi connectivity index (χ0n) is 28.9. The van der Waals surface area contributed by atoms with Crippen molar-refractivity contribution in [3.63, 3.8) is 0 Å². The Hall–Kier alpha value is -4.68. The first-order valence-corrected chi connectivity index (χ1v) is 16.3. The fourth-order valence-electron chi connectivity index (χ4n) is 4.41. The number of alkyl carbamates (subject to hydrolysis) is 1. The van der Waals surface area contributed by atoms with Crippen LogP contribution in [0.15, 0.2) is 66.7 Å². The van der Waals surface area contributed by atoms with Crippen molar-refractivity contribution in [2.45, 2.75) is 79.1 Å². The molecule has 1 unspecified atom stereocenters. The minimum absolute atomic E-state index is 0.0124. The van der Waals surface area contributed by atoms with Crippen LogP contribution in [0.25, 0.3) is 0 Å². The van der Waals surface area contributed by atoms with Gasteiger partial charge >= 0.3 is 6.09 Å². The average Bonchev–Trinajstić information content (AvgIpc) is 3.05. The van der Waals surface area contributed by atoms with Crippen molar-refractivity contribution in [3.05, 3.63) is 94.0 Å². The summed E-state index contributed by atoms with van der Waals surface area (Å²) < 4.78 is 15.8. The minimum atomic E-state index is -0.630. The summed E-state index contributed by atoms with van der Waals surface area (Å²) in [6.07, 6.45) is 5.39. The summed E-state index contributed by atoms with van der Waals surface area (Å²) in [6, 6.07) is 20.2. The molecule has 0 radical (unpaired) electrons. The Bertz CT molecular complexity index is 1500. The molecule has 0 saturated heterocycles. The number of hydrogen-bond donors (Lipinski definition) is 3. The third kappa shape index (κ3) is 14.4. The van der Waals surface area contributed by atoms with E-state index in [1.807, 2.05) is 76.2 Å². The van der Waals surface area contributed by atoms with E-state index >= 15 is 0 Å². The maximum atomic E-state index is 12.5. The van der Waals surface area contributed by atoms with E-state index in [9.17, 15) is 14.4 Å². The third-order valence-corrected chi connectivity index (χ3v) is 7.34. The SMILES string of the molecule is C#CCOc1ccc(CCC(=O)NCc2ccc(Cl)cc2)cc1OC.Cc1ccc(C(C)NC(=O)[C@@H](NC(=O)OC(C)C)C(C)C)cc1. The smallest absolute Gasteiger partial charge is 0.408 e. The summed E-state index contributed by atoms with van der Waals surface area (Å²) in [6.45, 7) is 11.9. The van der Waals surface area contributed by atoms with E-state index in [-0.39, 0.29) is 36.5 Å². The van der Waals surface area contributed by atoms with Gasteiger partial charge in [-0.3, -0.25) is 9.59 Å². The summed E-state index contributed by atoms with van der Waals surface area (Å²) in [5.41, 5.74) is 4.20. The molecule has 3 aromatic carbocycles. The van der Waals surface area contributed by atoms with Crippen LogP contribution in [-0.2, 0) is 27.3 Å². The van der Waals surface area contributed by atoms with Crippen molar-refractivity contribution >= 4 is 29.5 Å². The lowest BCUT2D eigenvalue weighted by molar-refractivity contribution is -0.124. The van der Waals surface area contributed by atoms with Gasteiger partial charge in [0, 0.05) is 18.0 Å². The van der Waals surface area contributed by atoms with Crippen LogP contribution < -0.4 is 25.4 Å². The van der Waals surface area contributed by atoms with E-state index in [1.165, 1.54) is 5.56 Å². The number of rotatable bonds is 14. The van der Waals surface area contributed by atoms with Crippen molar-refractivity contribution in [1.82, 2.24) is 16.0 Å². The van der Waals surface area contributed by atoms with E-state index in [0.29, 0.717) is 35.9 Å². The molecule has 48 heavy (non-hydrogen) atoms. The van der Waals surface area contributed by atoms with E-state index < -0.39 is 12.1 Å². The van der Waals surface area contributed by atoms with Gasteiger partial charge in [0.2, 0.25) is 11.8 Å². The van der Waals surface area contributed by atoms with Gasteiger partial charge in [-0.15, -0.1) is 6.42 Å². The number of aryl methyl sites for hydroxylation is 2. The molecule has 3 amide bonds. The van der Waals surface area contributed by atoms with Gasteiger partial charge in [-0.1, -0.05) is 79.4 Å². The normalized spacial score (nSPS) is 11.7. The first-order valence-electron chi connectivity index (χ1n) is 15.9. The van der Waals surface area contributed by atoms with Gasteiger partial charge in [0.15, 0.2) is 11.5 Å². The molecule has 3 N–H and O–H groups in total. The molecule has 3 aromatic rings. The largest absolute Gasteiger partial charge is 0.493 e. The van der Waals surface area contributed by atoms with Gasteiger partial charge in [-0.05, 0) is 81.0 Å². The maximum Gasteiger partial charge on any atom is 0.408 e. The number of benzene rings is 3. The zero-order chi connectivity index (χ0) is 35.6. The van der Waals surface area contributed by atoms with Crippen molar-refractivity contribution in [2.24, 2.45) is 5.92 Å². The fourth-order valence-corrected chi connectivity index (χ4v) is 4.53. The Balaban J connectivity index is 0.000000335. The second-order valence-electron chi connectivity index (χ2n) is 11.8. The topological polar surface area (TPSA) is 115 Å². The van der Waals surface area contributed by atoms with Crippen LogP contribution in [0.1, 0.15) is 69.3 Å². The second-order valence-corrected chi connectivity index (χ2v) is 12.3. The molecular formula is C38H48ClN3O6. The van der Waals surface area contributed by atoms with Crippen molar-refractivity contribution in [3.8, 4) is 23.8 Å². The molecule has 0 fully saturated rings. The van der Waals surface area contributed by atoms with Gasteiger partial charge in [0.05, 0.1) is 19.3 Å². The molecule has 10 heteroatoms. The number of carbonyl (C=O) groups excluding carboxylic acids is 3. The van der Waals surface area contributed by atoms with Crippen LogP contribution >= 0.6 is 11.6 Å². The Morgan fingerprint density at radius 1 is 0.875 bits per heavy atom. The van der Waals surface area contributed by atoms with E-state index in [4.69, 9.17) is 32.2 Å². The highest BCUT2D eigenvalue weighted by molar-refractivity contribution is 6.30. The van der Waals surface area contributed by atoms with E-state index in [1.54, 1.807) is 39.2 Å². The number of methoxy groups -OCH3 is 1. The lowest BCUT2D eigenvalue weighted by Gasteiger charge is -2.24. The third-order valence-electron chi connectivity index (χ3n) is 7.08. The Morgan fingerprint density at radius 3 is 2.10 bits per heavy atom. The lowest BCUT2D eigenvalue weighted by Crippen LogP contribution is -2.50. The minimum Gasteiger partial charge on any atom is -0.493 e. The van der Waals surface area contributed by atoms with Gasteiger partial charge in [-0.2, -0.15) is 0 Å². The molecule has 0 bridgehead atoms. The highest BCUT2D eigenvalue weighted by Gasteiger charge is 2.26. The van der Waals surface area contributed by atoms with Crippen molar-refractivity contribution in [1.29, 1.82) is 0 Å². The van der Waals surface area contributed by atoms with Crippen LogP contribution in [0, 0.1) is 25.2 Å². The number of terminal acetylenes is 1. The second kappa shape index (κ2) is 20.5. The molecule has 0 aromatic heterocycles. The molecule has 3 rings (SSSR count). The van der Waals surface area contributed by atoms with Crippen LogP contribution in [0.3, 0.4) is 0 Å². The monoisotopic (exact) mass is 677 g/mol. The van der Waals surface area contributed by atoms with Gasteiger partial charge < -0.3 is 30.2 Å². The summed E-state index contributed by atoms with van der Waals surface area (Å²) in [5, 5.41) is 9.16. The molecule has 0 heterocycles. The van der Waals surface area contributed by atoms with E-state index in [0.717, 1.165) is 16.7 Å². The van der Waals surface area contributed by atoms with Gasteiger partial charge in [0.25, 0.3) is 0 Å². The molecule has 258 valence electrons. The molecule has 0 aliphatic carbocycles. The van der Waals surface area contributed by atoms with Crippen LogP contribution in [0.5, 0.6) is 11.5 Å². The number of carbonyl (C=O) groups is 3. The number of nitrogens with one attached hydrogen (secondary N) is 3. The Kier molecular flexibility index (Phi) is 16.9. The Labute approximate surface area is 290 Å². The fraction of sp³-hybridized carbons (Fsp3) is 0.395. The van der Waals surface area contributed by atoms with Gasteiger partial charge in [0.1, 0.15) is 12.6 Å². The number of halogens is 1. The first kappa shape index (κ1) is 39.5. The van der Waals surface area contributed by atoms with E-state index in [2.05, 4.69) is 21.9 Å². The molecule has 0 aliphatic rings. The number of amides is 3. The van der Waals surface area contributed by atoms with Crippen molar-refractivity contribution < 1.29 is 28.6 Å². The number of hydrogen-bond acceptors (Lipinski definition) is 6. The predicted molar refractivity (Wildman–Crippen MR) is 190 cm³/mol. The molecule has 0 spiro atoms. The average molecular weight is 678 g/mol. The standard InChI is InChI=1S/C20H20ClNO3.C18H28N2O3/c1-3-12-25-18-10-6-15(13-19(18)24-2)7-11-20(23)22-14-16-4-8-17(21)9-5-16;1-11(2)16(20-18(22)23-12(3)4)17(21)19-14(6)15-9-7-13(5)8-10-15/h1,4-6,8-10,13H,7,11-12,14H2,2H3,(H,22,23);7-12,14,16H,1-6H3,(H,19,21)(H,20,22)/t;14?,16-/m.0/s1. The van der Waals surface area contributed by atoms with Crippen LogP contribution in [0.2, 0.25) is 5.02 Å². The summed E-state index contributed by atoms with van der Waals surface area (Å²) in [5.74, 6) is 3.35. The van der Waals surface area contributed by atoms with Crippen LogP contribution in [-0.4, -0.2) is 43.8 Å². The predicted octanol–water partition coefficient (Wildman–Crippen LogP) is 6.94. The van der Waals surface area contributed by atoms with Crippen LogP contribution in [0.4, 0.5) is 4.79 Å². The summed E-state index contributed by atoms with van der Waals surface area (Å²) >= 11 is 5.84. The quantitative estimate of drug-likeness (QED) is 0.159. The summed E-state index contributed by atoms with van der Waals surface area (Å²) in [7, 11) is 1.57. The molecule has 0 saturated carbocycles. The molecule has 9 nitrogen and oxygen atoms in total.